The van der Waals surface area contributed by atoms with Crippen molar-refractivity contribution in [2.75, 3.05) is 11.4 Å². The van der Waals surface area contributed by atoms with Gasteiger partial charge in [0.15, 0.2) is 5.82 Å². The second kappa shape index (κ2) is 6.76. The maximum Gasteiger partial charge on any atom is 0.251 e. The first kappa shape index (κ1) is 16.0. The molecule has 1 aliphatic rings. The Morgan fingerprint density at radius 1 is 1.19 bits per heavy atom. The summed E-state index contributed by atoms with van der Waals surface area (Å²) in [5, 5.41) is 16.0. The van der Waals surface area contributed by atoms with Gasteiger partial charge in [-0.3, -0.25) is 19.8 Å². The number of aromatic nitrogens is 4. The van der Waals surface area contributed by atoms with Crippen LogP contribution in [0.5, 0.6) is 0 Å². The highest BCUT2D eigenvalue weighted by atomic mass is 16.2. The van der Waals surface area contributed by atoms with Crippen molar-refractivity contribution in [3.8, 4) is 17.5 Å². The molecular weight excluding hydrogens is 328 g/mol. The van der Waals surface area contributed by atoms with Crippen molar-refractivity contribution in [2.45, 2.75) is 12.8 Å². The van der Waals surface area contributed by atoms with Crippen LogP contribution in [-0.4, -0.2) is 32.6 Å². The molecule has 3 heterocycles. The monoisotopic (exact) mass is 344 g/mol. The van der Waals surface area contributed by atoms with Crippen LogP contribution in [0.1, 0.15) is 17.5 Å². The molecule has 1 aromatic carbocycles. The Bertz CT molecular complexity index is 958. The normalized spacial score (nSPS) is 16.7. The van der Waals surface area contributed by atoms with Crippen LogP contribution in [0, 0.1) is 17.2 Å². The predicted octanol–water partition coefficient (Wildman–Crippen LogP) is 2.33. The van der Waals surface area contributed by atoms with Crippen LogP contribution in [0.3, 0.4) is 0 Å². The van der Waals surface area contributed by atoms with Crippen molar-refractivity contribution >= 4 is 11.9 Å². The van der Waals surface area contributed by atoms with Crippen LogP contribution in [0.2, 0.25) is 0 Å². The fraction of sp³-hybridized carbons (Fsp3) is 0.211. The van der Waals surface area contributed by atoms with E-state index in [9.17, 15) is 4.79 Å². The van der Waals surface area contributed by atoms with Crippen LogP contribution in [0.25, 0.3) is 11.4 Å². The number of hydrogen-bond acceptors (Lipinski definition) is 5. The Morgan fingerprint density at radius 3 is 2.69 bits per heavy atom. The topological polar surface area (TPSA) is 98.6 Å². The number of anilines is 1. The van der Waals surface area contributed by atoms with E-state index in [0.29, 0.717) is 30.3 Å². The van der Waals surface area contributed by atoms with Crippen molar-refractivity contribution in [3.05, 3.63) is 59.9 Å². The number of benzene rings is 1. The summed E-state index contributed by atoms with van der Waals surface area (Å²) in [6, 6.07) is 13.1. The number of carbonyl (C=O) groups is 1. The molecule has 1 unspecified atom stereocenters. The zero-order valence-electron chi connectivity index (χ0n) is 14.0. The highest BCUT2D eigenvalue weighted by molar-refractivity contribution is 5.95. The lowest BCUT2D eigenvalue weighted by Gasteiger charge is -2.12. The Hall–Kier alpha value is -3.53. The van der Waals surface area contributed by atoms with E-state index >= 15 is 0 Å². The Kier molecular flexibility index (Phi) is 4.15. The number of amides is 1. The first-order valence-corrected chi connectivity index (χ1v) is 8.38. The fourth-order valence-corrected chi connectivity index (χ4v) is 3.14. The third-order valence-corrected chi connectivity index (χ3v) is 4.55. The third-order valence-electron chi connectivity index (χ3n) is 4.55. The largest absolute Gasteiger partial charge is 0.279 e. The summed E-state index contributed by atoms with van der Waals surface area (Å²) in [6.45, 7) is 0.605. The molecule has 0 aliphatic carbocycles. The van der Waals surface area contributed by atoms with Gasteiger partial charge in [0, 0.05) is 30.4 Å². The van der Waals surface area contributed by atoms with Gasteiger partial charge >= 0.3 is 0 Å². The molecule has 128 valence electrons. The Labute approximate surface area is 150 Å². The van der Waals surface area contributed by atoms with Crippen molar-refractivity contribution in [2.24, 2.45) is 5.92 Å². The molecule has 1 amide bonds. The van der Waals surface area contributed by atoms with Gasteiger partial charge in [-0.2, -0.15) is 10.2 Å². The van der Waals surface area contributed by atoms with Gasteiger partial charge in [-0.05, 0) is 42.7 Å². The van der Waals surface area contributed by atoms with E-state index in [1.807, 2.05) is 24.3 Å². The highest BCUT2D eigenvalue weighted by Crippen LogP contribution is 2.26. The first-order chi connectivity index (χ1) is 12.7. The SMILES string of the molecule is N#Cc1ccc(CC2CCN(c3n[nH]c(-c4ccncc4)n3)C2=O)cc1. The van der Waals surface area contributed by atoms with E-state index in [1.54, 1.807) is 29.4 Å². The zero-order chi connectivity index (χ0) is 17.9. The Morgan fingerprint density at radius 2 is 1.96 bits per heavy atom. The molecule has 0 spiro atoms. The molecule has 1 aliphatic heterocycles. The first-order valence-electron chi connectivity index (χ1n) is 8.38. The molecule has 3 aromatic rings. The highest BCUT2D eigenvalue weighted by Gasteiger charge is 2.34. The zero-order valence-corrected chi connectivity index (χ0v) is 14.0. The van der Waals surface area contributed by atoms with E-state index in [0.717, 1.165) is 17.5 Å². The standard InChI is InChI=1S/C19H16N6O/c20-12-14-3-1-13(2-4-14)11-16-7-10-25(18(16)26)19-22-17(23-24-19)15-5-8-21-9-6-15/h1-6,8-9,16H,7,10-11H2,(H,22,23,24). The number of pyridine rings is 1. The summed E-state index contributed by atoms with van der Waals surface area (Å²) in [7, 11) is 0. The molecule has 1 N–H and O–H groups in total. The van der Waals surface area contributed by atoms with Gasteiger partial charge in [0.25, 0.3) is 5.95 Å². The van der Waals surface area contributed by atoms with Crippen LogP contribution < -0.4 is 4.90 Å². The lowest BCUT2D eigenvalue weighted by atomic mass is 9.97. The molecule has 26 heavy (non-hydrogen) atoms. The number of H-pyrrole nitrogens is 1. The molecule has 0 radical (unpaired) electrons. The number of hydrogen-bond donors (Lipinski definition) is 1. The lowest BCUT2D eigenvalue weighted by molar-refractivity contribution is -0.120. The minimum atomic E-state index is -0.0918. The minimum absolute atomic E-state index is 0.0367. The number of nitrogens with zero attached hydrogens (tertiary/aromatic N) is 5. The third kappa shape index (κ3) is 3.05. The minimum Gasteiger partial charge on any atom is -0.279 e. The van der Waals surface area contributed by atoms with E-state index in [4.69, 9.17) is 5.26 Å². The maximum absolute atomic E-state index is 12.7. The average molecular weight is 344 g/mol. The fourth-order valence-electron chi connectivity index (χ4n) is 3.14. The second-order valence-corrected chi connectivity index (χ2v) is 6.21. The molecule has 2 aromatic heterocycles. The number of nitriles is 1. The molecule has 4 rings (SSSR count). The summed E-state index contributed by atoms with van der Waals surface area (Å²) in [5.41, 5.74) is 2.55. The number of carbonyl (C=O) groups excluding carboxylic acids is 1. The van der Waals surface area contributed by atoms with Crippen LogP contribution in [0.15, 0.2) is 48.8 Å². The quantitative estimate of drug-likeness (QED) is 0.783. The van der Waals surface area contributed by atoms with E-state index < -0.39 is 0 Å². The number of rotatable bonds is 4. The van der Waals surface area contributed by atoms with E-state index in [1.165, 1.54) is 0 Å². The summed E-state index contributed by atoms with van der Waals surface area (Å²) in [4.78, 5) is 22.8. The molecule has 0 bridgehead atoms. The summed E-state index contributed by atoms with van der Waals surface area (Å²) < 4.78 is 0. The number of aromatic amines is 1. The molecule has 7 nitrogen and oxygen atoms in total. The van der Waals surface area contributed by atoms with Gasteiger partial charge in [0.05, 0.1) is 11.6 Å². The van der Waals surface area contributed by atoms with Crippen LogP contribution in [0.4, 0.5) is 5.95 Å². The summed E-state index contributed by atoms with van der Waals surface area (Å²) in [5.74, 6) is 0.968. The Balaban J connectivity index is 1.47. The molecule has 1 atom stereocenters. The van der Waals surface area contributed by atoms with Crippen molar-refractivity contribution in [1.82, 2.24) is 20.2 Å². The van der Waals surface area contributed by atoms with Crippen molar-refractivity contribution in [1.29, 1.82) is 5.26 Å². The molecule has 1 fully saturated rings. The van der Waals surface area contributed by atoms with E-state index in [2.05, 4.69) is 26.2 Å². The van der Waals surface area contributed by atoms with Crippen molar-refractivity contribution in [3.63, 3.8) is 0 Å². The number of nitrogens with one attached hydrogen (secondary N) is 1. The van der Waals surface area contributed by atoms with Crippen LogP contribution >= 0.6 is 0 Å². The lowest BCUT2D eigenvalue weighted by Crippen LogP contribution is -2.28. The average Bonchev–Trinajstić information content (AvgIpc) is 3.31. The van der Waals surface area contributed by atoms with Gasteiger partial charge in [-0.1, -0.05) is 12.1 Å². The van der Waals surface area contributed by atoms with Gasteiger partial charge in [0.1, 0.15) is 0 Å². The smallest absolute Gasteiger partial charge is 0.251 e. The van der Waals surface area contributed by atoms with Gasteiger partial charge in [-0.25, -0.2) is 0 Å². The molecule has 0 saturated carbocycles. The maximum atomic E-state index is 12.7. The van der Waals surface area contributed by atoms with E-state index in [-0.39, 0.29) is 11.8 Å². The van der Waals surface area contributed by atoms with Gasteiger partial charge in [-0.15, -0.1) is 5.10 Å². The predicted molar refractivity (Wildman–Crippen MR) is 94.9 cm³/mol. The summed E-state index contributed by atoms with van der Waals surface area (Å²) >= 11 is 0. The molecule has 7 heteroatoms. The molecular formula is C19H16N6O. The van der Waals surface area contributed by atoms with Gasteiger partial charge in [0.2, 0.25) is 5.91 Å². The van der Waals surface area contributed by atoms with Gasteiger partial charge < -0.3 is 0 Å². The van der Waals surface area contributed by atoms with Crippen molar-refractivity contribution < 1.29 is 4.79 Å². The molecule has 1 saturated heterocycles. The second-order valence-electron chi connectivity index (χ2n) is 6.21. The summed E-state index contributed by atoms with van der Waals surface area (Å²) in [6.07, 6.45) is 4.79. The van der Waals surface area contributed by atoms with Crippen LogP contribution in [-0.2, 0) is 11.2 Å².